The van der Waals surface area contributed by atoms with E-state index in [9.17, 15) is 9.18 Å². The average molecular weight is 294 g/mol. The van der Waals surface area contributed by atoms with E-state index in [2.05, 4.69) is 5.32 Å². The lowest BCUT2D eigenvalue weighted by molar-refractivity contribution is 0.102. The van der Waals surface area contributed by atoms with Gasteiger partial charge in [-0.1, -0.05) is 17.7 Å². The normalized spacial score (nSPS) is 10.2. The highest BCUT2D eigenvalue weighted by Crippen LogP contribution is 2.21. The Bertz CT molecular complexity index is 594. The van der Waals surface area contributed by atoms with Crippen molar-refractivity contribution in [1.82, 2.24) is 0 Å². The molecular weight excluding hydrogens is 281 g/mol. The van der Waals surface area contributed by atoms with E-state index in [0.29, 0.717) is 18.0 Å². The average Bonchev–Trinajstić information content (AvgIpc) is 2.41. The smallest absolute Gasteiger partial charge is 0.260 e. The summed E-state index contributed by atoms with van der Waals surface area (Å²) >= 11 is 5.84. The Morgan fingerprint density at radius 2 is 1.95 bits per heavy atom. The molecule has 0 fully saturated rings. The lowest BCUT2D eigenvalue weighted by Crippen LogP contribution is -2.14. The Morgan fingerprint density at radius 3 is 2.55 bits per heavy atom. The molecule has 0 saturated heterocycles. The summed E-state index contributed by atoms with van der Waals surface area (Å²) in [4.78, 5) is 12.0. The molecule has 0 atom stereocenters. The summed E-state index contributed by atoms with van der Waals surface area (Å²) < 4.78 is 18.9. The first kappa shape index (κ1) is 14.3. The van der Waals surface area contributed by atoms with E-state index in [1.807, 2.05) is 6.92 Å². The Morgan fingerprint density at radius 1 is 1.25 bits per heavy atom. The number of carbonyl (C=O) groups excluding carboxylic acids is 1. The molecule has 0 aliphatic carbocycles. The molecule has 0 aliphatic heterocycles. The molecule has 3 nitrogen and oxygen atoms in total. The zero-order chi connectivity index (χ0) is 14.5. The standard InChI is InChI=1S/C15H13ClFNO2/c1-2-20-11-8-6-10(7-9-11)18-15(19)14-12(16)4-3-5-13(14)17/h3-9H,2H2,1H3,(H,18,19). The van der Waals surface area contributed by atoms with Gasteiger partial charge in [0.25, 0.3) is 5.91 Å². The zero-order valence-corrected chi connectivity index (χ0v) is 11.6. The number of halogens is 2. The van der Waals surface area contributed by atoms with E-state index in [1.165, 1.54) is 18.2 Å². The van der Waals surface area contributed by atoms with Crippen LogP contribution in [0.5, 0.6) is 5.75 Å². The molecule has 1 N–H and O–H groups in total. The minimum atomic E-state index is -0.652. The zero-order valence-electron chi connectivity index (χ0n) is 10.8. The van der Waals surface area contributed by atoms with Crippen LogP contribution in [0.4, 0.5) is 10.1 Å². The van der Waals surface area contributed by atoms with E-state index < -0.39 is 11.7 Å². The van der Waals surface area contributed by atoms with Crippen molar-refractivity contribution in [2.75, 3.05) is 11.9 Å². The molecule has 0 heterocycles. The number of nitrogens with one attached hydrogen (secondary N) is 1. The summed E-state index contributed by atoms with van der Waals surface area (Å²) in [5.41, 5.74) is 0.376. The first-order chi connectivity index (χ1) is 9.61. The van der Waals surface area contributed by atoms with Gasteiger partial charge < -0.3 is 10.1 Å². The van der Waals surface area contributed by atoms with Gasteiger partial charge in [-0.05, 0) is 43.3 Å². The van der Waals surface area contributed by atoms with Crippen LogP contribution in [0.15, 0.2) is 42.5 Å². The Labute approximate surface area is 121 Å². The summed E-state index contributed by atoms with van der Waals surface area (Å²) in [6.07, 6.45) is 0. The van der Waals surface area contributed by atoms with E-state index in [1.54, 1.807) is 24.3 Å². The minimum Gasteiger partial charge on any atom is -0.494 e. The van der Waals surface area contributed by atoms with Crippen LogP contribution >= 0.6 is 11.6 Å². The van der Waals surface area contributed by atoms with Crippen LogP contribution in [0.1, 0.15) is 17.3 Å². The monoisotopic (exact) mass is 293 g/mol. The number of amides is 1. The topological polar surface area (TPSA) is 38.3 Å². The molecule has 2 aromatic carbocycles. The van der Waals surface area contributed by atoms with Gasteiger partial charge in [-0.25, -0.2) is 4.39 Å². The van der Waals surface area contributed by atoms with E-state index in [4.69, 9.17) is 16.3 Å². The third-order valence-corrected chi connectivity index (χ3v) is 2.93. The van der Waals surface area contributed by atoms with Gasteiger partial charge in [-0.3, -0.25) is 4.79 Å². The van der Waals surface area contributed by atoms with Crippen molar-refractivity contribution in [3.05, 3.63) is 58.9 Å². The molecule has 1 amide bonds. The third-order valence-electron chi connectivity index (χ3n) is 2.61. The number of anilines is 1. The summed E-state index contributed by atoms with van der Waals surface area (Å²) in [7, 11) is 0. The van der Waals surface area contributed by atoms with Crippen molar-refractivity contribution >= 4 is 23.2 Å². The van der Waals surface area contributed by atoms with Crippen LogP contribution in [0.2, 0.25) is 5.02 Å². The fourth-order valence-corrected chi connectivity index (χ4v) is 1.96. The van der Waals surface area contributed by atoms with Crippen molar-refractivity contribution in [2.24, 2.45) is 0 Å². The quantitative estimate of drug-likeness (QED) is 0.920. The molecule has 2 rings (SSSR count). The third kappa shape index (κ3) is 3.27. The van der Waals surface area contributed by atoms with Crippen molar-refractivity contribution in [2.45, 2.75) is 6.92 Å². The molecule has 2 aromatic rings. The van der Waals surface area contributed by atoms with Crippen molar-refractivity contribution in [3.8, 4) is 5.75 Å². The predicted molar refractivity (Wildman–Crippen MR) is 77.0 cm³/mol. The summed E-state index contributed by atoms with van der Waals surface area (Å²) in [5.74, 6) is -0.535. The maximum atomic E-state index is 13.6. The largest absolute Gasteiger partial charge is 0.494 e. The van der Waals surface area contributed by atoms with Gasteiger partial charge in [0.1, 0.15) is 11.6 Å². The maximum absolute atomic E-state index is 13.6. The number of hydrogen-bond acceptors (Lipinski definition) is 2. The lowest BCUT2D eigenvalue weighted by atomic mass is 10.2. The number of carbonyl (C=O) groups is 1. The van der Waals surface area contributed by atoms with Crippen LogP contribution in [-0.2, 0) is 0 Å². The van der Waals surface area contributed by atoms with Crippen LogP contribution in [-0.4, -0.2) is 12.5 Å². The van der Waals surface area contributed by atoms with Crippen LogP contribution < -0.4 is 10.1 Å². The minimum absolute atomic E-state index is 0.0773. The summed E-state index contributed by atoms with van der Waals surface area (Å²) in [6.45, 7) is 2.45. The first-order valence-corrected chi connectivity index (χ1v) is 6.48. The van der Waals surface area contributed by atoms with Crippen molar-refractivity contribution < 1.29 is 13.9 Å². The van der Waals surface area contributed by atoms with Gasteiger partial charge in [-0.2, -0.15) is 0 Å². The van der Waals surface area contributed by atoms with Gasteiger partial charge in [-0.15, -0.1) is 0 Å². The van der Waals surface area contributed by atoms with Crippen LogP contribution in [0.3, 0.4) is 0 Å². The fraction of sp³-hybridized carbons (Fsp3) is 0.133. The highest BCUT2D eigenvalue weighted by molar-refractivity contribution is 6.34. The first-order valence-electron chi connectivity index (χ1n) is 6.10. The fourth-order valence-electron chi connectivity index (χ4n) is 1.71. The molecule has 20 heavy (non-hydrogen) atoms. The molecule has 0 aliphatic rings. The predicted octanol–water partition coefficient (Wildman–Crippen LogP) is 4.13. The second-order valence-electron chi connectivity index (χ2n) is 4.01. The van der Waals surface area contributed by atoms with Gasteiger partial charge in [0, 0.05) is 5.69 Å². The molecule has 0 radical (unpaired) electrons. The van der Waals surface area contributed by atoms with Gasteiger partial charge in [0.05, 0.1) is 17.2 Å². The van der Waals surface area contributed by atoms with Gasteiger partial charge in [0.2, 0.25) is 0 Å². The SMILES string of the molecule is CCOc1ccc(NC(=O)c2c(F)cccc2Cl)cc1. The lowest BCUT2D eigenvalue weighted by Gasteiger charge is -2.08. The highest BCUT2D eigenvalue weighted by atomic mass is 35.5. The molecular formula is C15H13ClFNO2. The molecule has 104 valence electrons. The Kier molecular flexibility index (Phi) is 4.58. The number of rotatable bonds is 4. The van der Waals surface area contributed by atoms with Crippen LogP contribution in [0.25, 0.3) is 0 Å². The Balaban J connectivity index is 2.15. The van der Waals surface area contributed by atoms with Gasteiger partial charge in [0.15, 0.2) is 0 Å². The van der Waals surface area contributed by atoms with E-state index in [-0.39, 0.29) is 10.6 Å². The maximum Gasteiger partial charge on any atom is 0.260 e. The molecule has 5 heteroatoms. The van der Waals surface area contributed by atoms with Gasteiger partial charge >= 0.3 is 0 Å². The second-order valence-corrected chi connectivity index (χ2v) is 4.42. The van der Waals surface area contributed by atoms with Crippen molar-refractivity contribution in [1.29, 1.82) is 0 Å². The van der Waals surface area contributed by atoms with Crippen LogP contribution in [0, 0.1) is 5.82 Å². The number of hydrogen-bond donors (Lipinski definition) is 1. The molecule has 0 unspecified atom stereocenters. The number of benzene rings is 2. The highest BCUT2D eigenvalue weighted by Gasteiger charge is 2.15. The second kappa shape index (κ2) is 6.39. The summed E-state index contributed by atoms with van der Waals surface area (Å²) in [6, 6.07) is 10.9. The number of ether oxygens (including phenoxy) is 1. The van der Waals surface area contributed by atoms with E-state index >= 15 is 0 Å². The molecule has 0 spiro atoms. The van der Waals surface area contributed by atoms with Crippen molar-refractivity contribution in [3.63, 3.8) is 0 Å². The Hall–Kier alpha value is -2.07. The van der Waals surface area contributed by atoms with E-state index in [0.717, 1.165) is 0 Å². The molecule has 0 bridgehead atoms. The molecule has 0 aromatic heterocycles. The summed E-state index contributed by atoms with van der Waals surface area (Å²) in [5, 5.41) is 2.67. The molecule has 0 saturated carbocycles.